The molecule has 0 radical (unpaired) electrons. The number of carbonyl (C=O) groups is 1. The lowest BCUT2D eigenvalue weighted by atomic mass is 9.98. The zero-order valence-corrected chi connectivity index (χ0v) is 16.6. The summed E-state index contributed by atoms with van der Waals surface area (Å²) in [5.41, 5.74) is -0.788. The largest absolute Gasteiger partial charge is 0.481 e. The minimum absolute atomic E-state index is 0.178. The Morgan fingerprint density at radius 2 is 1.64 bits per heavy atom. The van der Waals surface area contributed by atoms with Gasteiger partial charge in [0.05, 0.1) is 32.6 Å². The normalized spacial score (nSPS) is 12.9. The molecule has 28 heavy (non-hydrogen) atoms. The molecule has 0 spiro atoms. The molecule has 0 saturated carbocycles. The highest BCUT2D eigenvalue weighted by Gasteiger charge is 2.26. The Labute approximate surface area is 162 Å². The molecule has 10 nitrogen and oxygen atoms in total. The Balaban J connectivity index is 0.000000307. The van der Waals surface area contributed by atoms with E-state index in [1.165, 1.54) is 51.7 Å². The first-order valence-corrected chi connectivity index (χ1v) is 9.61. The fourth-order valence-electron chi connectivity index (χ4n) is 1.82. The van der Waals surface area contributed by atoms with Crippen molar-refractivity contribution in [3.63, 3.8) is 0 Å². The fourth-order valence-corrected chi connectivity index (χ4v) is 2.26. The van der Waals surface area contributed by atoms with Gasteiger partial charge in [0.15, 0.2) is 0 Å². The van der Waals surface area contributed by atoms with Crippen molar-refractivity contribution in [1.29, 1.82) is 0 Å². The molecule has 0 aliphatic rings. The number of rotatable bonds is 7. The lowest BCUT2D eigenvalue weighted by Crippen LogP contribution is -2.29. The van der Waals surface area contributed by atoms with E-state index in [2.05, 4.69) is 14.2 Å². The summed E-state index contributed by atoms with van der Waals surface area (Å²) in [6.45, 7) is 1.09. The molecule has 0 saturated heterocycles. The molecule has 0 aliphatic heterocycles. The zero-order chi connectivity index (χ0) is 21.4. The maximum atomic E-state index is 10.9. The molecule has 2 heterocycles. The van der Waals surface area contributed by atoms with Gasteiger partial charge in [0.25, 0.3) is 10.1 Å². The van der Waals surface area contributed by atoms with Crippen molar-refractivity contribution >= 4 is 16.1 Å². The number of hydrogen-bond donors (Lipinski definition) is 2. The zero-order valence-electron chi connectivity index (χ0n) is 15.8. The second-order valence-electron chi connectivity index (χ2n) is 5.72. The summed E-state index contributed by atoms with van der Waals surface area (Å²) in [5, 5.41) is 18.6. The maximum absolute atomic E-state index is 10.9. The van der Waals surface area contributed by atoms with Crippen molar-refractivity contribution in [2.75, 3.05) is 27.1 Å². The van der Waals surface area contributed by atoms with Crippen LogP contribution in [0.25, 0.3) is 0 Å². The van der Waals surface area contributed by atoms with Crippen LogP contribution in [0.15, 0.2) is 36.7 Å². The second kappa shape index (κ2) is 9.97. The maximum Gasteiger partial charge on any atom is 0.335 e. The van der Waals surface area contributed by atoms with E-state index < -0.39 is 21.7 Å². The number of aromatic nitrogens is 2. The van der Waals surface area contributed by atoms with Crippen LogP contribution in [0.2, 0.25) is 0 Å². The fraction of sp³-hybridized carbons (Fsp3) is 0.353. The number of ether oxygens (including phenoxy) is 2. The smallest absolute Gasteiger partial charge is 0.335 e. The van der Waals surface area contributed by atoms with Gasteiger partial charge in [-0.3, -0.25) is 4.18 Å². The van der Waals surface area contributed by atoms with E-state index in [0.717, 1.165) is 6.26 Å². The number of nitrogens with zero attached hydrogens (tertiary/aromatic N) is 2. The van der Waals surface area contributed by atoms with Gasteiger partial charge in [-0.15, -0.1) is 0 Å². The SMILES string of the molecule is COc1cc(C(=O)O)ccn1.COc1cc([C@](C)(O)COS(C)(=O)=O)ccn1. The van der Waals surface area contributed by atoms with Crippen molar-refractivity contribution < 1.29 is 37.1 Å². The minimum Gasteiger partial charge on any atom is -0.481 e. The van der Waals surface area contributed by atoms with Crippen LogP contribution in [0.5, 0.6) is 11.8 Å². The lowest BCUT2D eigenvalue weighted by molar-refractivity contribution is 0.00981. The number of aromatic carboxylic acids is 1. The first kappa shape index (κ1) is 23.3. The van der Waals surface area contributed by atoms with E-state index in [9.17, 15) is 18.3 Å². The highest BCUT2D eigenvalue weighted by molar-refractivity contribution is 7.85. The molecule has 2 aromatic rings. The van der Waals surface area contributed by atoms with Crippen LogP contribution < -0.4 is 9.47 Å². The van der Waals surface area contributed by atoms with Crippen LogP contribution in [0.3, 0.4) is 0 Å². The molecule has 0 aromatic carbocycles. The van der Waals surface area contributed by atoms with E-state index in [0.29, 0.717) is 17.3 Å². The van der Waals surface area contributed by atoms with Crippen molar-refractivity contribution in [1.82, 2.24) is 9.97 Å². The van der Waals surface area contributed by atoms with E-state index in [1.807, 2.05) is 0 Å². The Morgan fingerprint density at radius 3 is 2.14 bits per heavy atom. The Kier molecular flexibility index (Phi) is 8.29. The Hall–Kier alpha value is -2.76. The van der Waals surface area contributed by atoms with Gasteiger partial charge >= 0.3 is 5.97 Å². The molecular formula is C17H22N2O8S. The number of carboxylic acid groups (broad SMARTS) is 1. The molecule has 154 valence electrons. The van der Waals surface area contributed by atoms with E-state index in [-0.39, 0.29) is 12.2 Å². The predicted molar refractivity (Wildman–Crippen MR) is 98.9 cm³/mol. The molecular weight excluding hydrogens is 392 g/mol. The van der Waals surface area contributed by atoms with Crippen LogP contribution in [0.4, 0.5) is 0 Å². The number of hydrogen-bond acceptors (Lipinski definition) is 9. The van der Waals surface area contributed by atoms with Crippen molar-refractivity contribution in [3.8, 4) is 11.8 Å². The van der Waals surface area contributed by atoms with Crippen molar-refractivity contribution in [2.45, 2.75) is 12.5 Å². The topological polar surface area (TPSA) is 145 Å². The highest BCUT2D eigenvalue weighted by atomic mass is 32.2. The molecule has 2 rings (SSSR count). The molecule has 0 fully saturated rings. The highest BCUT2D eigenvalue weighted by Crippen LogP contribution is 2.23. The summed E-state index contributed by atoms with van der Waals surface area (Å²) in [7, 11) is -0.697. The van der Waals surface area contributed by atoms with Crippen LogP contribution in [0, 0.1) is 0 Å². The first-order chi connectivity index (χ1) is 13.0. The van der Waals surface area contributed by atoms with Gasteiger partial charge in [0.1, 0.15) is 5.60 Å². The monoisotopic (exact) mass is 414 g/mol. The van der Waals surface area contributed by atoms with E-state index in [1.54, 1.807) is 6.07 Å². The minimum atomic E-state index is -3.59. The van der Waals surface area contributed by atoms with Crippen LogP contribution in [0.1, 0.15) is 22.8 Å². The van der Waals surface area contributed by atoms with E-state index >= 15 is 0 Å². The summed E-state index contributed by atoms with van der Waals surface area (Å²) in [6.07, 6.45) is 3.78. The average molecular weight is 414 g/mol. The molecule has 11 heteroatoms. The van der Waals surface area contributed by atoms with Gasteiger partial charge < -0.3 is 19.7 Å². The number of aliphatic hydroxyl groups is 1. The van der Waals surface area contributed by atoms with Gasteiger partial charge in [-0.05, 0) is 24.6 Å². The molecule has 1 atom stereocenters. The van der Waals surface area contributed by atoms with Gasteiger partial charge in [-0.1, -0.05) is 0 Å². The molecule has 0 bridgehead atoms. The summed E-state index contributed by atoms with van der Waals surface area (Å²) in [5.74, 6) is -0.335. The third-order valence-electron chi connectivity index (χ3n) is 3.31. The van der Waals surface area contributed by atoms with Crippen molar-refractivity contribution in [2.24, 2.45) is 0 Å². The molecule has 0 unspecified atom stereocenters. The third kappa shape index (κ3) is 7.86. The number of pyridine rings is 2. The molecule has 2 aromatic heterocycles. The summed E-state index contributed by atoms with van der Waals surface area (Å²) >= 11 is 0. The number of methoxy groups -OCH3 is 2. The van der Waals surface area contributed by atoms with Gasteiger partial charge in [-0.25, -0.2) is 14.8 Å². The van der Waals surface area contributed by atoms with Gasteiger partial charge in [0, 0.05) is 24.5 Å². The Bertz CT molecular complexity index is 900. The standard InChI is InChI=1S/C10H15NO5S.C7H7NO3/c1-10(12,7-16-17(3,13)14)8-4-5-11-9(6-8)15-2;1-11-6-4-5(7(9)10)2-3-8-6/h4-6,12H,7H2,1-3H3;2-4H,1H3,(H,9,10)/t10-;/m1./s1. The Morgan fingerprint density at radius 1 is 1.11 bits per heavy atom. The van der Waals surface area contributed by atoms with Crippen LogP contribution >= 0.6 is 0 Å². The van der Waals surface area contributed by atoms with Crippen LogP contribution in [-0.4, -0.2) is 61.7 Å². The lowest BCUT2D eigenvalue weighted by Gasteiger charge is -2.22. The third-order valence-corrected chi connectivity index (χ3v) is 3.86. The first-order valence-electron chi connectivity index (χ1n) is 7.79. The summed E-state index contributed by atoms with van der Waals surface area (Å²) < 4.78 is 36.0. The average Bonchev–Trinajstić information content (AvgIpc) is 2.66. The summed E-state index contributed by atoms with van der Waals surface area (Å²) in [4.78, 5) is 18.0. The number of carboxylic acids is 1. The predicted octanol–water partition coefficient (Wildman–Crippen LogP) is 1.06. The molecule has 0 amide bonds. The molecule has 0 aliphatic carbocycles. The van der Waals surface area contributed by atoms with Crippen LogP contribution in [-0.2, 0) is 19.9 Å². The quantitative estimate of drug-likeness (QED) is 0.631. The van der Waals surface area contributed by atoms with Gasteiger partial charge in [-0.2, -0.15) is 8.42 Å². The van der Waals surface area contributed by atoms with Gasteiger partial charge in [0.2, 0.25) is 11.8 Å². The second-order valence-corrected chi connectivity index (χ2v) is 7.36. The molecule has 2 N–H and O–H groups in total. The van der Waals surface area contributed by atoms with Crippen molar-refractivity contribution in [3.05, 3.63) is 47.8 Å². The summed E-state index contributed by atoms with van der Waals surface area (Å²) in [6, 6.07) is 5.85. The van der Waals surface area contributed by atoms with E-state index in [4.69, 9.17) is 14.6 Å².